The van der Waals surface area contributed by atoms with E-state index in [1.54, 1.807) is 0 Å². The zero-order chi connectivity index (χ0) is 20.1. The Morgan fingerprint density at radius 1 is 0.897 bits per heavy atom. The Kier molecular flexibility index (Phi) is 6.82. The molecule has 29 heavy (non-hydrogen) atoms. The number of likely N-dealkylation sites (tertiary alicyclic amines) is 2. The summed E-state index contributed by atoms with van der Waals surface area (Å²) in [5.74, 6) is 0.930. The van der Waals surface area contributed by atoms with Gasteiger partial charge in [-0.05, 0) is 43.7 Å². The number of benzene rings is 1. The molecule has 1 aromatic rings. The number of hydrogen-bond donors (Lipinski definition) is 0. The zero-order valence-electron chi connectivity index (χ0n) is 17.3. The molecule has 4 rings (SSSR count). The summed E-state index contributed by atoms with van der Waals surface area (Å²) in [4.78, 5) is 32.3. The fourth-order valence-electron chi connectivity index (χ4n) is 4.87. The molecule has 3 saturated heterocycles. The van der Waals surface area contributed by atoms with E-state index in [1.807, 2.05) is 35.2 Å². The standard InChI is InChI=1S/C23H33N3O3/c27-22(20-5-2-1-3-6-20)26-10-4-7-21(18-26)23(28)25-11-8-19(9-12-25)17-24-13-15-29-16-14-24/h1-3,5-6,19,21H,4,7-18H2. The Labute approximate surface area is 173 Å². The first-order valence-corrected chi connectivity index (χ1v) is 11.1. The second-order valence-electron chi connectivity index (χ2n) is 8.64. The quantitative estimate of drug-likeness (QED) is 0.778. The summed E-state index contributed by atoms with van der Waals surface area (Å²) in [6.45, 7) is 7.91. The van der Waals surface area contributed by atoms with Crippen LogP contribution in [0, 0.1) is 11.8 Å². The average Bonchev–Trinajstić information content (AvgIpc) is 2.80. The molecule has 0 N–H and O–H groups in total. The molecule has 0 saturated carbocycles. The number of piperidine rings is 2. The second kappa shape index (κ2) is 9.72. The van der Waals surface area contributed by atoms with Crippen LogP contribution >= 0.6 is 0 Å². The Bertz CT molecular complexity index is 682. The normalized spacial score (nSPS) is 24.5. The fraction of sp³-hybridized carbons (Fsp3) is 0.652. The highest BCUT2D eigenvalue weighted by Gasteiger charge is 2.33. The molecule has 0 radical (unpaired) electrons. The van der Waals surface area contributed by atoms with E-state index in [2.05, 4.69) is 9.80 Å². The summed E-state index contributed by atoms with van der Waals surface area (Å²) in [7, 11) is 0. The van der Waals surface area contributed by atoms with Gasteiger partial charge in [-0.25, -0.2) is 0 Å². The van der Waals surface area contributed by atoms with Gasteiger partial charge < -0.3 is 14.5 Å². The van der Waals surface area contributed by atoms with Crippen LogP contribution in [0.4, 0.5) is 0 Å². The first kappa shape index (κ1) is 20.4. The summed E-state index contributed by atoms with van der Waals surface area (Å²) >= 11 is 0. The van der Waals surface area contributed by atoms with Crippen molar-refractivity contribution in [3.05, 3.63) is 35.9 Å². The van der Waals surface area contributed by atoms with Gasteiger partial charge in [-0.2, -0.15) is 0 Å². The highest BCUT2D eigenvalue weighted by Crippen LogP contribution is 2.25. The molecule has 3 aliphatic rings. The molecule has 1 aromatic carbocycles. The third-order valence-corrected chi connectivity index (χ3v) is 6.62. The van der Waals surface area contributed by atoms with Crippen molar-refractivity contribution in [2.45, 2.75) is 25.7 Å². The Hall–Kier alpha value is -1.92. The molecule has 3 fully saturated rings. The Morgan fingerprint density at radius 3 is 2.34 bits per heavy atom. The molecule has 158 valence electrons. The average molecular weight is 400 g/mol. The number of morpholine rings is 1. The van der Waals surface area contributed by atoms with Crippen molar-refractivity contribution >= 4 is 11.8 Å². The lowest BCUT2D eigenvalue weighted by atomic mass is 9.92. The smallest absolute Gasteiger partial charge is 0.253 e. The van der Waals surface area contributed by atoms with Crippen molar-refractivity contribution in [1.82, 2.24) is 14.7 Å². The molecule has 3 heterocycles. The van der Waals surface area contributed by atoms with Gasteiger partial charge in [0.1, 0.15) is 0 Å². The molecule has 0 spiro atoms. The van der Waals surface area contributed by atoms with Crippen molar-refractivity contribution in [3.63, 3.8) is 0 Å². The predicted molar refractivity (Wildman–Crippen MR) is 112 cm³/mol. The predicted octanol–water partition coefficient (Wildman–Crippen LogP) is 2.11. The molecule has 3 aliphatic heterocycles. The van der Waals surface area contributed by atoms with Crippen molar-refractivity contribution in [2.24, 2.45) is 11.8 Å². The second-order valence-corrected chi connectivity index (χ2v) is 8.64. The highest BCUT2D eigenvalue weighted by molar-refractivity contribution is 5.94. The van der Waals surface area contributed by atoms with Gasteiger partial charge in [0.25, 0.3) is 5.91 Å². The van der Waals surface area contributed by atoms with E-state index in [0.29, 0.717) is 18.0 Å². The molecular weight excluding hydrogens is 366 g/mol. The summed E-state index contributed by atoms with van der Waals surface area (Å²) < 4.78 is 5.44. The van der Waals surface area contributed by atoms with Crippen LogP contribution in [-0.2, 0) is 9.53 Å². The maximum atomic E-state index is 13.1. The third-order valence-electron chi connectivity index (χ3n) is 6.62. The van der Waals surface area contributed by atoms with E-state index in [4.69, 9.17) is 4.74 Å². The first-order valence-electron chi connectivity index (χ1n) is 11.1. The Morgan fingerprint density at radius 2 is 1.62 bits per heavy atom. The van der Waals surface area contributed by atoms with Crippen LogP contribution in [0.5, 0.6) is 0 Å². The van der Waals surface area contributed by atoms with Crippen molar-refractivity contribution in [3.8, 4) is 0 Å². The lowest BCUT2D eigenvalue weighted by Crippen LogP contribution is -2.49. The van der Waals surface area contributed by atoms with Gasteiger partial charge in [-0.1, -0.05) is 18.2 Å². The van der Waals surface area contributed by atoms with Gasteiger partial charge in [-0.15, -0.1) is 0 Å². The molecule has 1 unspecified atom stereocenters. The van der Waals surface area contributed by atoms with Crippen LogP contribution < -0.4 is 0 Å². The van der Waals surface area contributed by atoms with E-state index in [0.717, 1.165) is 78.2 Å². The number of ether oxygens (including phenoxy) is 1. The van der Waals surface area contributed by atoms with Crippen LogP contribution in [0.1, 0.15) is 36.0 Å². The highest BCUT2D eigenvalue weighted by atomic mass is 16.5. The van der Waals surface area contributed by atoms with Gasteiger partial charge >= 0.3 is 0 Å². The monoisotopic (exact) mass is 399 g/mol. The third kappa shape index (κ3) is 5.17. The minimum Gasteiger partial charge on any atom is -0.379 e. The van der Waals surface area contributed by atoms with Gasteiger partial charge in [0.2, 0.25) is 5.91 Å². The minimum atomic E-state index is -0.0489. The molecule has 2 amide bonds. The number of amides is 2. The number of carbonyl (C=O) groups excluding carboxylic acids is 2. The van der Waals surface area contributed by atoms with Gasteiger partial charge in [0.05, 0.1) is 19.1 Å². The van der Waals surface area contributed by atoms with Crippen molar-refractivity contribution in [1.29, 1.82) is 0 Å². The first-order chi connectivity index (χ1) is 14.2. The maximum absolute atomic E-state index is 13.1. The molecule has 0 aliphatic carbocycles. The summed E-state index contributed by atoms with van der Waals surface area (Å²) in [6, 6.07) is 9.41. The molecule has 6 nitrogen and oxygen atoms in total. The molecule has 0 bridgehead atoms. The number of nitrogens with zero attached hydrogens (tertiary/aromatic N) is 3. The zero-order valence-corrected chi connectivity index (χ0v) is 17.3. The molecule has 6 heteroatoms. The van der Waals surface area contributed by atoms with Crippen LogP contribution in [0.2, 0.25) is 0 Å². The SMILES string of the molecule is O=C(c1ccccc1)N1CCCC(C(=O)N2CCC(CN3CCOCC3)CC2)C1. The van der Waals surface area contributed by atoms with Crippen molar-refractivity contribution in [2.75, 3.05) is 59.0 Å². The van der Waals surface area contributed by atoms with E-state index in [-0.39, 0.29) is 17.7 Å². The van der Waals surface area contributed by atoms with Gasteiger partial charge in [-0.3, -0.25) is 14.5 Å². The Balaban J connectivity index is 1.26. The molecule has 0 aromatic heterocycles. The van der Waals surface area contributed by atoms with Crippen LogP contribution in [0.3, 0.4) is 0 Å². The number of hydrogen-bond acceptors (Lipinski definition) is 4. The van der Waals surface area contributed by atoms with E-state index in [9.17, 15) is 9.59 Å². The minimum absolute atomic E-state index is 0.0484. The van der Waals surface area contributed by atoms with Gasteiger partial charge in [0, 0.05) is 51.4 Å². The van der Waals surface area contributed by atoms with Crippen molar-refractivity contribution < 1.29 is 14.3 Å². The summed E-state index contributed by atoms with van der Waals surface area (Å²) in [6.07, 6.45) is 3.97. The van der Waals surface area contributed by atoms with E-state index >= 15 is 0 Å². The van der Waals surface area contributed by atoms with E-state index < -0.39 is 0 Å². The lowest BCUT2D eigenvalue weighted by molar-refractivity contribution is -0.138. The fourth-order valence-corrected chi connectivity index (χ4v) is 4.87. The van der Waals surface area contributed by atoms with E-state index in [1.165, 1.54) is 0 Å². The number of rotatable bonds is 4. The maximum Gasteiger partial charge on any atom is 0.253 e. The summed E-state index contributed by atoms with van der Waals surface area (Å²) in [5.41, 5.74) is 0.713. The summed E-state index contributed by atoms with van der Waals surface area (Å²) in [5, 5.41) is 0. The van der Waals surface area contributed by atoms with Gasteiger partial charge in [0.15, 0.2) is 0 Å². The lowest BCUT2D eigenvalue weighted by Gasteiger charge is -2.39. The van der Waals surface area contributed by atoms with Crippen LogP contribution in [0.15, 0.2) is 30.3 Å². The molecule has 1 atom stereocenters. The number of carbonyl (C=O) groups is 2. The van der Waals surface area contributed by atoms with Crippen LogP contribution in [-0.4, -0.2) is 85.5 Å². The van der Waals surface area contributed by atoms with Crippen LogP contribution in [0.25, 0.3) is 0 Å². The topological polar surface area (TPSA) is 53.1 Å². The largest absolute Gasteiger partial charge is 0.379 e. The molecular formula is C23H33N3O3.